The van der Waals surface area contributed by atoms with E-state index in [9.17, 15) is 4.79 Å². The minimum atomic E-state index is -0.171. The van der Waals surface area contributed by atoms with E-state index in [4.69, 9.17) is 4.74 Å². The molecule has 0 aliphatic carbocycles. The van der Waals surface area contributed by atoms with E-state index >= 15 is 0 Å². The zero-order valence-corrected chi connectivity index (χ0v) is 12.2. The van der Waals surface area contributed by atoms with E-state index in [-0.39, 0.29) is 12.1 Å². The van der Waals surface area contributed by atoms with Crippen molar-refractivity contribution in [3.05, 3.63) is 24.3 Å². The highest BCUT2D eigenvalue weighted by Gasteiger charge is 2.08. The number of hydrogen-bond acceptors (Lipinski definition) is 2. The average molecular weight is 252 g/mol. The number of allylic oxidation sites excluding steroid dienone is 3. The van der Waals surface area contributed by atoms with Crippen LogP contribution in [0, 0.1) is 0 Å². The molecule has 0 heterocycles. The van der Waals surface area contributed by atoms with Gasteiger partial charge in [0.05, 0.1) is 0 Å². The summed E-state index contributed by atoms with van der Waals surface area (Å²) in [7, 11) is 0. The Balaban J connectivity index is 3.82. The lowest BCUT2D eigenvalue weighted by molar-refractivity contribution is -0.146. The number of carbonyl (C=O) groups is 1. The first-order chi connectivity index (χ1) is 8.70. The molecule has 1 unspecified atom stereocenters. The monoisotopic (exact) mass is 252 g/mol. The lowest BCUT2D eigenvalue weighted by atomic mass is 10.1. The third kappa shape index (κ3) is 11.4. The summed E-state index contributed by atoms with van der Waals surface area (Å²) < 4.78 is 5.29. The van der Waals surface area contributed by atoms with Crippen LogP contribution in [0.5, 0.6) is 0 Å². The maximum atomic E-state index is 11.0. The lowest BCUT2D eigenvalue weighted by Crippen LogP contribution is -2.15. The summed E-state index contributed by atoms with van der Waals surface area (Å²) in [6.45, 7) is 5.78. The molecule has 0 bridgehead atoms. The molecule has 0 spiro atoms. The molecule has 0 rings (SSSR count). The number of carbonyl (C=O) groups excluding carboxylic acids is 1. The predicted octanol–water partition coefficient (Wildman–Crippen LogP) is 4.80. The van der Waals surface area contributed by atoms with Gasteiger partial charge in [-0.1, -0.05) is 51.0 Å². The summed E-state index contributed by atoms with van der Waals surface area (Å²) in [6, 6.07) is 0. The molecule has 0 amide bonds. The first kappa shape index (κ1) is 16.9. The minimum absolute atomic E-state index is 0.0601. The van der Waals surface area contributed by atoms with Gasteiger partial charge < -0.3 is 4.74 Å². The molecule has 0 radical (unpaired) electrons. The molecule has 0 N–H and O–H groups in total. The number of hydrogen-bond donors (Lipinski definition) is 0. The maximum Gasteiger partial charge on any atom is 0.302 e. The fraction of sp³-hybridized carbons (Fsp3) is 0.688. The summed E-state index contributed by atoms with van der Waals surface area (Å²) >= 11 is 0. The number of unbranched alkanes of at least 4 members (excludes halogenated alkanes) is 2. The van der Waals surface area contributed by atoms with Crippen molar-refractivity contribution in [2.45, 2.75) is 71.8 Å². The van der Waals surface area contributed by atoms with Crippen molar-refractivity contribution in [2.24, 2.45) is 0 Å². The van der Waals surface area contributed by atoms with E-state index in [0.717, 1.165) is 44.9 Å². The van der Waals surface area contributed by atoms with Crippen LogP contribution in [-0.4, -0.2) is 12.1 Å². The third-order valence-electron chi connectivity index (χ3n) is 2.68. The van der Waals surface area contributed by atoms with Crippen LogP contribution in [0.1, 0.15) is 65.7 Å². The minimum Gasteiger partial charge on any atom is -0.462 e. The van der Waals surface area contributed by atoms with Crippen molar-refractivity contribution in [1.82, 2.24) is 0 Å². The van der Waals surface area contributed by atoms with Gasteiger partial charge in [0.2, 0.25) is 0 Å². The number of esters is 1. The van der Waals surface area contributed by atoms with Crippen LogP contribution in [-0.2, 0) is 9.53 Å². The lowest BCUT2D eigenvalue weighted by Gasteiger charge is -2.14. The van der Waals surface area contributed by atoms with Crippen LogP contribution >= 0.6 is 0 Å². The highest BCUT2D eigenvalue weighted by atomic mass is 16.5. The van der Waals surface area contributed by atoms with E-state index < -0.39 is 0 Å². The van der Waals surface area contributed by atoms with E-state index in [1.807, 2.05) is 0 Å². The molecule has 18 heavy (non-hydrogen) atoms. The molecule has 0 aromatic heterocycles. The molecule has 0 aromatic carbocycles. The molecule has 104 valence electrons. The van der Waals surface area contributed by atoms with E-state index in [0.29, 0.717) is 0 Å². The third-order valence-corrected chi connectivity index (χ3v) is 2.68. The first-order valence-electron chi connectivity index (χ1n) is 7.17. The van der Waals surface area contributed by atoms with Gasteiger partial charge in [-0.3, -0.25) is 4.79 Å². The molecule has 1 atom stereocenters. The second kappa shape index (κ2) is 12.4. The molecule has 2 heteroatoms. The normalized spacial score (nSPS) is 13.3. The number of rotatable bonds is 10. The highest BCUT2D eigenvalue weighted by molar-refractivity contribution is 5.66. The number of ether oxygens (including phenoxy) is 1. The van der Waals surface area contributed by atoms with Crippen molar-refractivity contribution in [3.8, 4) is 0 Å². The van der Waals surface area contributed by atoms with Crippen molar-refractivity contribution in [3.63, 3.8) is 0 Å². The Morgan fingerprint density at radius 3 is 2.33 bits per heavy atom. The van der Waals surface area contributed by atoms with Crippen molar-refractivity contribution < 1.29 is 9.53 Å². The van der Waals surface area contributed by atoms with Crippen LogP contribution in [0.4, 0.5) is 0 Å². The van der Waals surface area contributed by atoms with Crippen molar-refractivity contribution in [1.29, 1.82) is 0 Å². The second-order valence-electron chi connectivity index (χ2n) is 4.54. The van der Waals surface area contributed by atoms with Crippen molar-refractivity contribution >= 4 is 5.97 Å². The molecular weight excluding hydrogens is 224 g/mol. The summed E-state index contributed by atoms with van der Waals surface area (Å²) in [4.78, 5) is 11.0. The zero-order valence-electron chi connectivity index (χ0n) is 12.2. The van der Waals surface area contributed by atoms with Crippen LogP contribution in [0.3, 0.4) is 0 Å². The molecule has 0 aromatic rings. The van der Waals surface area contributed by atoms with E-state index in [1.165, 1.54) is 6.92 Å². The van der Waals surface area contributed by atoms with Gasteiger partial charge in [0.25, 0.3) is 0 Å². The first-order valence-corrected chi connectivity index (χ1v) is 7.17. The Kier molecular flexibility index (Phi) is 11.7. The zero-order chi connectivity index (χ0) is 13.6. The van der Waals surface area contributed by atoms with Gasteiger partial charge in [-0.05, 0) is 25.7 Å². The van der Waals surface area contributed by atoms with Crippen LogP contribution < -0.4 is 0 Å². The van der Waals surface area contributed by atoms with Crippen LogP contribution in [0.2, 0.25) is 0 Å². The Labute approximate surface area is 112 Å². The Bertz CT molecular complexity index is 254. The molecule has 0 fully saturated rings. The van der Waals surface area contributed by atoms with Crippen molar-refractivity contribution in [2.75, 3.05) is 0 Å². The van der Waals surface area contributed by atoms with E-state index in [2.05, 4.69) is 38.2 Å². The van der Waals surface area contributed by atoms with Gasteiger partial charge in [-0.2, -0.15) is 0 Å². The van der Waals surface area contributed by atoms with Gasteiger partial charge in [-0.25, -0.2) is 0 Å². The fourth-order valence-electron chi connectivity index (χ4n) is 1.73. The maximum absolute atomic E-state index is 11.0. The summed E-state index contributed by atoms with van der Waals surface area (Å²) in [6.07, 6.45) is 16.1. The Hall–Kier alpha value is -1.05. The predicted molar refractivity (Wildman–Crippen MR) is 77.5 cm³/mol. The topological polar surface area (TPSA) is 26.3 Å². The fourth-order valence-corrected chi connectivity index (χ4v) is 1.73. The summed E-state index contributed by atoms with van der Waals surface area (Å²) in [5.41, 5.74) is 0. The van der Waals surface area contributed by atoms with Gasteiger partial charge >= 0.3 is 5.97 Å². The summed E-state index contributed by atoms with van der Waals surface area (Å²) in [5, 5.41) is 0. The second-order valence-corrected chi connectivity index (χ2v) is 4.54. The smallest absolute Gasteiger partial charge is 0.302 e. The van der Waals surface area contributed by atoms with Gasteiger partial charge in [0.1, 0.15) is 6.10 Å². The van der Waals surface area contributed by atoms with Gasteiger partial charge in [0, 0.05) is 13.3 Å². The molecule has 0 aliphatic rings. The molecule has 0 saturated carbocycles. The van der Waals surface area contributed by atoms with E-state index in [1.54, 1.807) is 0 Å². The largest absolute Gasteiger partial charge is 0.462 e. The van der Waals surface area contributed by atoms with Gasteiger partial charge in [0.15, 0.2) is 0 Å². The molecular formula is C16H28O2. The Morgan fingerprint density at radius 1 is 1.11 bits per heavy atom. The quantitative estimate of drug-likeness (QED) is 0.317. The standard InChI is InChI=1S/C16H28O2/c1-4-6-8-9-10-11-12-14-16(13-7-5-2)18-15(3)17/h6,8,11-12,16H,4-5,7,9-10,13-14H2,1-3H3. The SMILES string of the molecule is CCC=CCCC=CCC(CCCC)OC(C)=O. The molecule has 0 saturated heterocycles. The Morgan fingerprint density at radius 2 is 1.78 bits per heavy atom. The van der Waals surface area contributed by atoms with Crippen LogP contribution in [0.15, 0.2) is 24.3 Å². The molecule has 2 nitrogen and oxygen atoms in total. The molecule has 0 aliphatic heterocycles. The van der Waals surface area contributed by atoms with Crippen LogP contribution in [0.25, 0.3) is 0 Å². The highest BCUT2D eigenvalue weighted by Crippen LogP contribution is 2.10. The van der Waals surface area contributed by atoms with Gasteiger partial charge in [-0.15, -0.1) is 0 Å². The summed E-state index contributed by atoms with van der Waals surface area (Å²) in [5.74, 6) is -0.171. The average Bonchev–Trinajstić information content (AvgIpc) is 2.34.